The molecular weight excluding hydrogens is 318 g/mol. The average molecular weight is 335 g/mol. The molecule has 1 aromatic rings. The third-order valence-electron chi connectivity index (χ3n) is 3.75. The first-order valence-electron chi connectivity index (χ1n) is 7.23. The second-order valence-electron chi connectivity index (χ2n) is 5.39. The monoisotopic (exact) mass is 335 g/mol. The van der Waals surface area contributed by atoms with E-state index in [1.165, 1.54) is 38.3 Å². The van der Waals surface area contributed by atoms with Gasteiger partial charge in [-0.3, -0.25) is 19.7 Å². The molecule has 0 amide bonds. The van der Waals surface area contributed by atoms with Crippen molar-refractivity contribution in [1.29, 1.82) is 0 Å². The summed E-state index contributed by atoms with van der Waals surface area (Å²) >= 11 is 0. The van der Waals surface area contributed by atoms with Crippen LogP contribution < -0.4 is 0 Å². The van der Waals surface area contributed by atoms with Crippen LogP contribution in [0, 0.1) is 16.0 Å². The van der Waals surface area contributed by atoms with Gasteiger partial charge in [-0.1, -0.05) is 18.2 Å². The van der Waals surface area contributed by atoms with Gasteiger partial charge in [-0.05, 0) is 11.1 Å². The molecule has 2 rings (SSSR count). The number of ether oxygens (including phenoxy) is 2. The number of aliphatic hydroxyl groups excluding tert-OH is 1. The molecule has 1 N–H and O–H groups in total. The normalized spacial score (nSPS) is 23.1. The number of aliphatic hydroxyl groups is 1. The Balaban J connectivity index is 2.45. The molecule has 0 spiro atoms. The molecule has 0 aromatic heterocycles. The van der Waals surface area contributed by atoms with E-state index in [1.54, 1.807) is 6.07 Å². The number of hydrogen-bond acceptors (Lipinski definition) is 7. The highest BCUT2D eigenvalue weighted by Crippen LogP contribution is 2.34. The summed E-state index contributed by atoms with van der Waals surface area (Å²) in [6.45, 7) is 1.20. The molecule has 8 nitrogen and oxygen atoms in total. The van der Waals surface area contributed by atoms with Crippen LogP contribution in [0.3, 0.4) is 0 Å². The largest absolute Gasteiger partial charge is 0.469 e. The lowest BCUT2D eigenvalue weighted by atomic mass is 9.83. The summed E-state index contributed by atoms with van der Waals surface area (Å²) in [6, 6.07) is 5.66. The van der Waals surface area contributed by atoms with Crippen molar-refractivity contribution in [1.82, 2.24) is 0 Å². The van der Waals surface area contributed by atoms with Gasteiger partial charge < -0.3 is 14.6 Å². The first-order chi connectivity index (χ1) is 11.3. The fourth-order valence-electron chi connectivity index (χ4n) is 2.67. The van der Waals surface area contributed by atoms with Gasteiger partial charge in [-0.25, -0.2) is 0 Å². The second kappa shape index (κ2) is 7.22. The maximum absolute atomic E-state index is 11.9. The highest BCUT2D eigenvalue weighted by molar-refractivity contribution is 5.81. The van der Waals surface area contributed by atoms with E-state index in [0.29, 0.717) is 5.56 Å². The van der Waals surface area contributed by atoms with Crippen molar-refractivity contribution in [2.75, 3.05) is 7.11 Å². The Bertz CT molecular complexity index is 697. The van der Waals surface area contributed by atoms with Crippen molar-refractivity contribution in [2.45, 2.75) is 25.6 Å². The van der Waals surface area contributed by atoms with Gasteiger partial charge in [0, 0.05) is 25.5 Å². The van der Waals surface area contributed by atoms with Gasteiger partial charge in [0.1, 0.15) is 12.2 Å². The van der Waals surface area contributed by atoms with E-state index in [0.717, 1.165) is 0 Å². The molecule has 0 fully saturated rings. The Morgan fingerprint density at radius 3 is 2.67 bits per heavy atom. The zero-order valence-electron chi connectivity index (χ0n) is 13.2. The maximum atomic E-state index is 11.9. The molecule has 24 heavy (non-hydrogen) atoms. The smallest absolute Gasteiger partial charge is 0.312 e. The number of nitro groups is 1. The van der Waals surface area contributed by atoms with Crippen LogP contribution in [-0.2, 0) is 19.1 Å². The van der Waals surface area contributed by atoms with Crippen LogP contribution in [0.5, 0.6) is 0 Å². The fraction of sp³-hybridized carbons (Fsp3) is 0.375. The second-order valence-corrected chi connectivity index (χ2v) is 5.39. The number of carbonyl (C=O) groups excluding carboxylic acids is 2. The van der Waals surface area contributed by atoms with Gasteiger partial charge in [0.2, 0.25) is 0 Å². The van der Waals surface area contributed by atoms with Gasteiger partial charge >= 0.3 is 11.9 Å². The molecule has 1 aliphatic rings. The molecule has 1 aliphatic carbocycles. The molecule has 0 bridgehead atoms. The summed E-state index contributed by atoms with van der Waals surface area (Å²) in [7, 11) is 1.23. The third kappa shape index (κ3) is 3.77. The quantitative estimate of drug-likeness (QED) is 0.503. The Hall–Kier alpha value is -2.74. The van der Waals surface area contributed by atoms with Gasteiger partial charge in [0.05, 0.1) is 18.0 Å². The van der Waals surface area contributed by atoms with E-state index in [9.17, 15) is 24.8 Å². The van der Waals surface area contributed by atoms with Crippen LogP contribution in [0.4, 0.5) is 5.69 Å². The summed E-state index contributed by atoms with van der Waals surface area (Å²) in [6.07, 6.45) is -0.566. The van der Waals surface area contributed by atoms with Crippen molar-refractivity contribution in [3.05, 3.63) is 46.0 Å². The first kappa shape index (κ1) is 17.6. The van der Waals surface area contributed by atoms with Crippen LogP contribution in [0.25, 0.3) is 5.57 Å². The van der Waals surface area contributed by atoms with Gasteiger partial charge in [0.15, 0.2) is 0 Å². The minimum Gasteiger partial charge on any atom is -0.469 e. The van der Waals surface area contributed by atoms with E-state index >= 15 is 0 Å². The third-order valence-corrected chi connectivity index (χ3v) is 3.75. The standard InChI is InChI=1S/C16H17NO7/c1-9(18)24-14-8-11(16(20)23-2)7-13(15(14)19)10-4-3-5-12(6-10)17(21)22/h3-7,11,14-15,19H,8H2,1-2H3/t11?,14-,15-/m1/s1. The number of esters is 2. The van der Waals surface area contributed by atoms with Crippen LogP contribution in [0.15, 0.2) is 30.3 Å². The number of benzene rings is 1. The number of carbonyl (C=O) groups is 2. The van der Waals surface area contributed by atoms with Crippen molar-refractivity contribution in [2.24, 2.45) is 5.92 Å². The lowest BCUT2D eigenvalue weighted by molar-refractivity contribution is -0.384. The molecule has 8 heteroatoms. The summed E-state index contributed by atoms with van der Waals surface area (Å²) < 4.78 is 9.80. The minimum atomic E-state index is -1.20. The molecule has 1 aromatic carbocycles. The van der Waals surface area contributed by atoms with E-state index in [2.05, 4.69) is 0 Å². The first-order valence-corrected chi connectivity index (χ1v) is 7.23. The Morgan fingerprint density at radius 1 is 1.38 bits per heavy atom. The number of rotatable bonds is 4. The molecule has 0 saturated heterocycles. The molecule has 1 unspecified atom stereocenters. The highest BCUT2D eigenvalue weighted by atomic mass is 16.6. The molecule has 3 atom stereocenters. The minimum absolute atomic E-state index is 0.0752. The number of nitro benzene ring substituents is 1. The van der Waals surface area contributed by atoms with Crippen molar-refractivity contribution < 1.29 is 29.1 Å². The molecule has 0 radical (unpaired) electrons. The molecule has 0 heterocycles. The van der Waals surface area contributed by atoms with E-state index in [-0.39, 0.29) is 17.7 Å². The highest BCUT2D eigenvalue weighted by Gasteiger charge is 2.37. The number of nitrogens with zero attached hydrogens (tertiary/aromatic N) is 1. The Labute approximate surface area is 137 Å². The molecule has 0 saturated carbocycles. The van der Waals surface area contributed by atoms with Crippen molar-refractivity contribution in [3.63, 3.8) is 0 Å². The molecular formula is C16H17NO7. The van der Waals surface area contributed by atoms with E-state index in [1.807, 2.05) is 0 Å². The Morgan fingerprint density at radius 2 is 2.08 bits per heavy atom. The summed E-state index contributed by atoms with van der Waals surface area (Å²) in [4.78, 5) is 33.5. The SMILES string of the molecule is COC(=O)C1C=C(c2cccc([N+](=O)[O-])c2)[C@@H](O)[C@H](OC(C)=O)C1. The maximum Gasteiger partial charge on any atom is 0.312 e. The summed E-state index contributed by atoms with van der Waals surface area (Å²) in [5.41, 5.74) is 0.513. The van der Waals surface area contributed by atoms with E-state index < -0.39 is 35.0 Å². The van der Waals surface area contributed by atoms with Crippen LogP contribution >= 0.6 is 0 Å². The van der Waals surface area contributed by atoms with E-state index in [4.69, 9.17) is 9.47 Å². The number of methoxy groups -OCH3 is 1. The molecule has 128 valence electrons. The average Bonchev–Trinajstić information content (AvgIpc) is 2.55. The lowest BCUT2D eigenvalue weighted by Gasteiger charge is -2.31. The molecule has 0 aliphatic heterocycles. The van der Waals surface area contributed by atoms with Crippen molar-refractivity contribution >= 4 is 23.2 Å². The zero-order chi connectivity index (χ0) is 17.9. The summed E-state index contributed by atoms with van der Waals surface area (Å²) in [5.74, 6) is -1.86. The van der Waals surface area contributed by atoms with Crippen LogP contribution in [-0.4, -0.2) is 41.3 Å². The zero-order valence-corrected chi connectivity index (χ0v) is 13.2. The van der Waals surface area contributed by atoms with Crippen LogP contribution in [0.1, 0.15) is 18.9 Å². The predicted octanol–water partition coefficient (Wildman–Crippen LogP) is 1.46. The lowest BCUT2D eigenvalue weighted by Crippen LogP contribution is -2.38. The Kier molecular flexibility index (Phi) is 5.30. The predicted molar refractivity (Wildman–Crippen MR) is 82.8 cm³/mol. The van der Waals surface area contributed by atoms with Crippen LogP contribution in [0.2, 0.25) is 0 Å². The van der Waals surface area contributed by atoms with Gasteiger partial charge in [-0.2, -0.15) is 0 Å². The topological polar surface area (TPSA) is 116 Å². The number of non-ortho nitro benzene ring substituents is 1. The summed E-state index contributed by atoms with van der Waals surface area (Å²) in [5, 5.41) is 21.4. The fourth-order valence-corrected chi connectivity index (χ4v) is 2.67. The van der Waals surface area contributed by atoms with Gasteiger partial charge in [-0.15, -0.1) is 0 Å². The number of hydrogen-bond donors (Lipinski definition) is 1. The van der Waals surface area contributed by atoms with Gasteiger partial charge in [0.25, 0.3) is 5.69 Å². The van der Waals surface area contributed by atoms with Crippen molar-refractivity contribution in [3.8, 4) is 0 Å².